The fourth-order valence-electron chi connectivity index (χ4n) is 2.66. The van der Waals surface area contributed by atoms with E-state index in [1.54, 1.807) is 7.11 Å². The second kappa shape index (κ2) is 7.28. The summed E-state index contributed by atoms with van der Waals surface area (Å²) in [6.45, 7) is 6.52. The predicted molar refractivity (Wildman–Crippen MR) is 88.8 cm³/mol. The topological polar surface area (TPSA) is 21.3 Å². The van der Waals surface area contributed by atoms with E-state index in [2.05, 4.69) is 62.5 Å². The molecule has 0 fully saturated rings. The molecule has 21 heavy (non-hydrogen) atoms. The standard InChI is InChI=1S/C19H25NO/c1-5-18(16-12-10-14(2)11-13-16)20-15(3)17-8-6-7-9-19(17)21-4/h6-13,15,18,20H,5H2,1-4H3/t15-,18?/m1/s1. The third-order valence-electron chi connectivity index (χ3n) is 3.94. The van der Waals surface area contributed by atoms with Crippen LogP contribution >= 0.6 is 0 Å². The van der Waals surface area contributed by atoms with Crippen LogP contribution < -0.4 is 10.1 Å². The molecule has 0 spiro atoms. The zero-order valence-electron chi connectivity index (χ0n) is 13.4. The molecule has 2 rings (SSSR count). The number of hydrogen-bond donors (Lipinski definition) is 1. The summed E-state index contributed by atoms with van der Waals surface area (Å²) in [7, 11) is 1.73. The predicted octanol–water partition coefficient (Wildman–Crippen LogP) is 4.81. The number of benzene rings is 2. The minimum absolute atomic E-state index is 0.243. The first-order valence-electron chi connectivity index (χ1n) is 7.61. The van der Waals surface area contributed by atoms with E-state index in [-0.39, 0.29) is 6.04 Å². The van der Waals surface area contributed by atoms with Crippen LogP contribution in [0.3, 0.4) is 0 Å². The van der Waals surface area contributed by atoms with Gasteiger partial charge >= 0.3 is 0 Å². The lowest BCUT2D eigenvalue weighted by atomic mass is 10.00. The Bertz CT molecular complexity index is 562. The molecule has 0 heterocycles. The SMILES string of the molecule is CCC(N[C@H](C)c1ccccc1OC)c1ccc(C)cc1. The quantitative estimate of drug-likeness (QED) is 0.821. The Balaban J connectivity index is 2.16. The molecule has 0 radical (unpaired) electrons. The highest BCUT2D eigenvalue weighted by molar-refractivity contribution is 5.36. The first-order valence-corrected chi connectivity index (χ1v) is 7.61. The third-order valence-corrected chi connectivity index (χ3v) is 3.94. The van der Waals surface area contributed by atoms with Crippen molar-refractivity contribution in [1.82, 2.24) is 5.32 Å². The highest BCUT2D eigenvalue weighted by atomic mass is 16.5. The van der Waals surface area contributed by atoms with Gasteiger partial charge in [-0.15, -0.1) is 0 Å². The van der Waals surface area contributed by atoms with E-state index in [4.69, 9.17) is 4.74 Å². The number of hydrogen-bond acceptors (Lipinski definition) is 2. The van der Waals surface area contributed by atoms with Gasteiger partial charge in [-0.05, 0) is 31.9 Å². The van der Waals surface area contributed by atoms with Gasteiger partial charge in [0.25, 0.3) is 0 Å². The van der Waals surface area contributed by atoms with E-state index in [1.807, 2.05) is 12.1 Å². The first-order chi connectivity index (χ1) is 10.2. The fraction of sp³-hybridized carbons (Fsp3) is 0.368. The van der Waals surface area contributed by atoms with Gasteiger partial charge in [0.15, 0.2) is 0 Å². The van der Waals surface area contributed by atoms with Crippen molar-refractivity contribution in [3.05, 3.63) is 65.2 Å². The van der Waals surface area contributed by atoms with E-state index in [9.17, 15) is 0 Å². The molecule has 112 valence electrons. The first kappa shape index (κ1) is 15.6. The van der Waals surface area contributed by atoms with Crippen LogP contribution in [0.4, 0.5) is 0 Å². The van der Waals surface area contributed by atoms with Crippen LogP contribution in [-0.2, 0) is 0 Å². The Labute approximate surface area is 128 Å². The van der Waals surface area contributed by atoms with Crippen LogP contribution in [0.25, 0.3) is 0 Å². The van der Waals surface area contributed by atoms with Crippen molar-refractivity contribution >= 4 is 0 Å². The molecule has 2 atom stereocenters. The van der Waals surface area contributed by atoms with Gasteiger partial charge < -0.3 is 10.1 Å². The summed E-state index contributed by atoms with van der Waals surface area (Å²) in [5, 5.41) is 3.71. The maximum atomic E-state index is 5.46. The maximum Gasteiger partial charge on any atom is 0.123 e. The molecule has 0 aliphatic heterocycles. The van der Waals surface area contributed by atoms with Gasteiger partial charge in [-0.1, -0.05) is 55.0 Å². The molecule has 2 heteroatoms. The second-order valence-corrected chi connectivity index (χ2v) is 5.50. The van der Waals surface area contributed by atoms with Gasteiger partial charge in [-0.3, -0.25) is 0 Å². The van der Waals surface area contributed by atoms with Crippen molar-refractivity contribution in [2.75, 3.05) is 7.11 Å². The molecule has 0 saturated heterocycles. The summed E-state index contributed by atoms with van der Waals surface area (Å²) in [6, 6.07) is 17.6. The van der Waals surface area contributed by atoms with Gasteiger partial charge in [0.1, 0.15) is 5.75 Å². The normalized spacial score (nSPS) is 13.7. The highest BCUT2D eigenvalue weighted by Crippen LogP contribution is 2.28. The van der Waals surface area contributed by atoms with Gasteiger partial charge in [-0.25, -0.2) is 0 Å². The van der Waals surface area contributed by atoms with E-state index in [0.717, 1.165) is 12.2 Å². The average molecular weight is 283 g/mol. The van der Waals surface area contributed by atoms with Crippen LogP contribution in [0.1, 0.15) is 49.0 Å². The van der Waals surface area contributed by atoms with Crippen LogP contribution in [0, 0.1) is 6.92 Å². The molecule has 2 nitrogen and oxygen atoms in total. The molecule has 0 bridgehead atoms. The number of para-hydroxylation sites is 1. The third kappa shape index (κ3) is 3.85. The second-order valence-electron chi connectivity index (χ2n) is 5.50. The summed E-state index contributed by atoms with van der Waals surface area (Å²) in [5.41, 5.74) is 3.83. The van der Waals surface area contributed by atoms with Crippen LogP contribution in [0.5, 0.6) is 5.75 Å². The largest absolute Gasteiger partial charge is 0.496 e. The van der Waals surface area contributed by atoms with Crippen LogP contribution in [0.15, 0.2) is 48.5 Å². The van der Waals surface area contributed by atoms with Gasteiger partial charge in [0.2, 0.25) is 0 Å². The number of ether oxygens (including phenoxy) is 1. The van der Waals surface area contributed by atoms with Crippen molar-refractivity contribution in [1.29, 1.82) is 0 Å². The maximum absolute atomic E-state index is 5.46. The summed E-state index contributed by atoms with van der Waals surface area (Å²) in [4.78, 5) is 0. The fourth-order valence-corrected chi connectivity index (χ4v) is 2.66. The Hall–Kier alpha value is -1.80. The number of nitrogens with one attached hydrogen (secondary N) is 1. The summed E-state index contributed by atoms with van der Waals surface area (Å²) >= 11 is 0. The monoisotopic (exact) mass is 283 g/mol. The molecule has 0 saturated carbocycles. The van der Waals surface area contributed by atoms with Crippen molar-refractivity contribution in [3.8, 4) is 5.75 Å². The summed E-state index contributed by atoms with van der Waals surface area (Å²) in [6.07, 6.45) is 1.06. The molecular formula is C19H25NO. The van der Waals surface area contributed by atoms with Crippen LogP contribution in [-0.4, -0.2) is 7.11 Å². The van der Waals surface area contributed by atoms with E-state index < -0.39 is 0 Å². The molecule has 0 aromatic heterocycles. The van der Waals surface area contributed by atoms with Crippen LogP contribution in [0.2, 0.25) is 0 Å². The minimum Gasteiger partial charge on any atom is -0.496 e. The smallest absolute Gasteiger partial charge is 0.123 e. The van der Waals surface area contributed by atoms with Gasteiger partial charge in [0.05, 0.1) is 7.11 Å². The Morgan fingerprint density at radius 3 is 2.33 bits per heavy atom. The summed E-state index contributed by atoms with van der Waals surface area (Å²) < 4.78 is 5.46. The van der Waals surface area contributed by atoms with Crippen molar-refractivity contribution in [2.45, 2.75) is 39.3 Å². The molecule has 1 N–H and O–H groups in total. The molecule has 0 aliphatic carbocycles. The molecule has 1 unspecified atom stereocenters. The van der Waals surface area contributed by atoms with Crippen molar-refractivity contribution < 1.29 is 4.74 Å². The minimum atomic E-state index is 0.243. The zero-order chi connectivity index (χ0) is 15.2. The lowest BCUT2D eigenvalue weighted by Crippen LogP contribution is -2.24. The zero-order valence-corrected chi connectivity index (χ0v) is 13.4. The number of aryl methyl sites for hydroxylation is 1. The van der Waals surface area contributed by atoms with E-state index >= 15 is 0 Å². The number of methoxy groups -OCH3 is 1. The Morgan fingerprint density at radius 1 is 1.05 bits per heavy atom. The van der Waals surface area contributed by atoms with Crippen molar-refractivity contribution in [2.24, 2.45) is 0 Å². The average Bonchev–Trinajstić information content (AvgIpc) is 2.53. The molecule has 2 aromatic carbocycles. The lowest BCUT2D eigenvalue weighted by Gasteiger charge is -2.24. The highest BCUT2D eigenvalue weighted by Gasteiger charge is 2.16. The molecule has 2 aromatic rings. The van der Waals surface area contributed by atoms with E-state index in [0.29, 0.717) is 6.04 Å². The molecule has 0 aliphatic rings. The Morgan fingerprint density at radius 2 is 1.71 bits per heavy atom. The Kier molecular flexibility index (Phi) is 5.40. The summed E-state index contributed by atoms with van der Waals surface area (Å²) in [5.74, 6) is 0.941. The molecular weight excluding hydrogens is 258 g/mol. The van der Waals surface area contributed by atoms with Gasteiger partial charge in [0, 0.05) is 17.6 Å². The van der Waals surface area contributed by atoms with E-state index in [1.165, 1.54) is 16.7 Å². The molecule has 0 amide bonds. The number of rotatable bonds is 6. The lowest BCUT2D eigenvalue weighted by molar-refractivity contribution is 0.392. The van der Waals surface area contributed by atoms with Gasteiger partial charge in [-0.2, -0.15) is 0 Å². The van der Waals surface area contributed by atoms with Crippen molar-refractivity contribution in [3.63, 3.8) is 0 Å².